The lowest BCUT2D eigenvalue weighted by atomic mass is 9.88. The number of carbonyl (C=O) groups excluding carboxylic acids is 1. The van der Waals surface area contributed by atoms with Crippen molar-refractivity contribution in [3.05, 3.63) is 0 Å². The largest absolute Gasteiger partial charge is 0.338 e. The normalized spacial score (nSPS) is 23.0. The third kappa shape index (κ3) is 2.97. The van der Waals surface area contributed by atoms with Crippen LogP contribution in [0.15, 0.2) is 0 Å². The molecule has 3 nitrogen and oxygen atoms in total. The second kappa shape index (κ2) is 5.67. The van der Waals surface area contributed by atoms with Crippen molar-refractivity contribution < 1.29 is 4.79 Å². The van der Waals surface area contributed by atoms with Crippen LogP contribution in [0.2, 0.25) is 0 Å². The van der Waals surface area contributed by atoms with E-state index in [1.54, 1.807) is 0 Å². The molecule has 2 N–H and O–H groups in total. The molecule has 1 amide bonds. The highest BCUT2D eigenvalue weighted by Gasteiger charge is 2.33. The minimum absolute atomic E-state index is 0.238. The molecule has 1 aliphatic heterocycles. The molecule has 1 fully saturated rings. The maximum Gasteiger partial charge on any atom is 0.228 e. The van der Waals surface area contributed by atoms with Gasteiger partial charge in [-0.1, -0.05) is 33.6 Å². The first kappa shape index (κ1) is 13.5. The van der Waals surface area contributed by atoms with Crippen LogP contribution in [0.25, 0.3) is 0 Å². The zero-order valence-corrected chi connectivity index (χ0v) is 11.0. The Morgan fingerprint density at radius 1 is 1.38 bits per heavy atom. The van der Waals surface area contributed by atoms with Crippen molar-refractivity contribution in [1.29, 1.82) is 0 Å². The van der Waals surface area contributed by atoms with Crippen LogP contribution < -0.4 is 5.73 Å². The number of nitrogens with zero attached hydrogens (tertiary/aromatic N) is 1. The van der Waals surface area contributed by atoms with Gasteiger partial charge in [0.05, 0.1) is 0 Å². The van der Waals surface area contributed by atoms with Crippen LogP contribution in [0.1, 0.15) is 52.9 Å². The van der Waals surface area contributed by atoms with E-state index in [-0.39, 0.29) is 17.4 Å². The summed E-state index contributed by atoms with van der Waals surface area (Å²) < 4.78 is 0. The van der Waals surface area contributed by atoms with Crippen molar-refractivity contribution in [3.63, 3.8) is 0 Å². The maximum absolute atomic E-state index is 12.4. The Kier molecular flexibility index (Phi) is 4.78. The van der Waals surface area contributed by atoms with Gasteiger partial charge in [-0.2, -0.15) is 0 Å². The van der Waals surface area contributed by atoms with Crippen LogP contribution in [0.3, 0.4) is 0 Å². The summed E-state index contributed by atoms with van der Waals surface area (Å²) in [6, 6.07) is 0.265. The number of rotatable bonds is 3. The predicted octanol–water partition coefficient (Wildman–Crippen LogP) is 2.15. The Hall–Kier alpha value is -0.570. The molecular weight excluding hydrogens is 200 g/mol. The van der Waals surface area contributed by atoms with E-state index < -0.39 is 0 Å². The van der Waals surface area contributed by atoms with E-state index in [4.69, 9.17) is 5.73 Å². The van der Waals surface area contributed by atoms with Crippen molar-refractivity contribution in [2.24, 2.45) is 11.1 Å². The Morgan fingerprint density at radius 2 is 2.06 bits per heavy atom. The average Bonchev–Trinajstić information content (AvgIpc) is 2.52. The molecule has 0 aromatic carbocycles. The lowest BCUT2D eigenvalue weighted by molar-refractivity contribution is -0.142. The van der Waals surface area contributed by atoms with Crippen LogP contribution in [-0.2, 0) is 4.79 Å². The highest BCUT2D eigenvalue weighted by molar-refractivity contribution is 5.82. The van der Waals surface area contributed by atoms with Crippen LogP contribution in [0.5, 0.6) is 0 Å². The highest BCUT2D eigenvalue weighted by Crippen LogP contribution is 2.27. The minimum atomic E-state index is -0.238. The predicted molar refractivity (Wildman–Crippen MR) is 67.1 cm³/mol. The summed E-state index contributed by atoms with van der Waals surface area (Å²) in [5.41, 5.74) is 5.55. The molecule has 94 valence electrons. The van der Waals surface area contributed by atoms with Crippen LogP contribution in [-0.4, -0.2) is 29.9 Å². The lowest BCUT2D eigenvalue weighted by Gasteiger charge is -2.35. The quantitative estimate of drug-likeness (QED) is 0.801. The van der Waals surface area contributed by atoms with Crippen LogP contribution >= 0.6 is 0 Å². The average molecular weight is 226 g/mol. The molecule has 1 saturated heterocycles. The van der Waals surface area contributed by atoms with Crippen LogP contribution in [0.4, 0.5) is 0 Å². The van der Waals surface area contributed by atoms with Crippen molar-refractivity contribution >= 4 is 5.91 Å². The fraction of sp³-hybridized carbons (Fsp3) is 0.923. The van der Waals surface area contributed by atoms with E-state index in [1.165, 1.54) is 12.8 Å². The van der Waals surface area contributed by atoms with E-state index in [1.807, 2.05) is 18.7 Å². The summed E-state index contributed by atoms with van der Waals surface area (Å²) in [5, 5.41) is 0. The molecule has 0 aliphatic carbocycles. The van der Waals surface area contributed by atoms with Gasteiger partial charge in [0.15, 0.2) is 0 Å². The standard InChI is InChI=1S/C13H26N2O/c1-4-13(2,3)12(16)15-9-7-5-6-8-11(15)10-14/h11H,4-10,14H2,1-3H3. The van der Waals surface area contributed by atoms with Gasteiger partial charge < -0.3 is 10.6 Å². The van der Waals surface area contributed by atoms with Gasteiger partial charge in [-0.3, -0.25) is 4.79 Å². The fourth-order valence-corrected chi connectivity index (χ4v) is 2.23. The molecule has 1 heterocycles. The zero-order valence-electron chi connectivity index (χ0n) is 11.0. The van der Waals surface area contributed by atoms with Gasteiger partial charge in [-0.15, -0.1) is 0 Å². The Morgan fingerprint density at radius 3 is 2.62 bits per heavy atom. The van der Waals surface area contributed by atoms with Gasteiger partial charge in [-0.25, -0.2) is 0 Å². The topological polar surface area (TPSA) is 46.3 Å². The Bertz CT molecular complexity index is 238. The molecule has 3 heteroatoms. The van der Waals surface area contributed by atoms with Gasteiger partial charge >= 0.3 is 0 Å². The molecule has 0 saturated carbocycles. The molecule has 0 aromatic rings. The summed E-state index contributed by atoms with van der Waals surface area (Å²) in [6.45, 7) is 7.64. The number of nitrogens with two attached hydrogens (primary N) is 1. The second-order valence-electron chi connectivity index (χ2n) is 5.47. The molecule has 0 bridgehead atoms. The van der Waals surface area contributed by atoms with E-state index >= 15 is 0 Å². The van der Waals surface area contributed by atoms with E-state index in [0.717, 1.165) is 25.8 Å². The maximum atomic E-state index is 12.4. The molecular formula is C13H26N2O. The van der Waals surface area contributed by atoms with E-state index in [0.29, 0.717) is 6.54 Å². The monoisotopic (exact) mass is 226 g/mol. The first-order valence-electron chi connectivity index (χ1n) is 6.54. The van der Waals surface area contributed by atoms with Crippen molar-refractivity contribution in [1.82, 2.24) is 4.90 Å². The highest BCUT2D eigenvalue weighted by atomic mass is 16.2. The van der Waals surface area contributed by atoms with Crippen molar-refractivity contribution in [3.8, 4) is 0 Å². The fourth-order valence-electron chi connectivity index (χ4n) is 2.23. The van der Waals surface area contributed by atoms with Gasteiger partial charge in [0.25, 0.3) is 0 Å². The number of amides is 1. The molecule has 0 spiro atoms. The SMILES string of the molecule is CCC(C)(C)C(=O)N1CCCCCC1CN. The Labute approximate surface area is 99.4 Å². The third-order valence-electron chi connectivity index (χ3n) is 3.87. The molecule has 0 radical (unpaired) electrons. The number of carbonyl (C=O) groups is 1. The van der Waals surface area contributed by atoms with Crippen molar-refractivity contribution in [2.75, 3.05) is 13.1 Å². The first-order valence-corrected chi connectivity index (χ1v) is 6.54. The number of hydrogen-bond acceptors (Lipinski definition) is 2. The summed E-state index contributed by atoms with van der Waals surface area (Å²) in [4.78, 5) is 14.5. The molecule has 1 rings (SSSR count). The van der Waals surface area contributed by atoms with Gasteiger partial charge in [0.1, 0.15) is 0 Å². The zero-order chi connectivity index (χ0) is 12.2. The lowest BCUT2D eigenvalue weighted by Crippen LogP contribution is -2.49. The molecule has 0 aromatic heterocycles. The second-order valence-corrected chi connectivity index (χ2v) is 5.47. The van der Waals surface area contributed by atoms with Crippen molar-refractivity contribution in [2.45, 2.75) is 58.9 Å². The molecule has 1 aliphatic rings. The minimum Gasteiger partial charge on any atom is -0.338 e. The number of hydrogen-bond donors (Lipinski definition) is 1. The third-order valence-corrected chi connectivity index (χ3v) is 3.87. The van der Waals surface area contributed by atoms with Gasteiger partial charge in [0, 0.05) is 24.5 Å². The van der Waals surface area contributed by atoms with E-state index in [2.05, 4.69) is 6.92 Å². The molecule has 16 heavy (non-hydrogen) atoms. The first-order chi connectivity index (χ1) is 7.53. The van der Waals surface area contributed by atoms with Gasteiger partial charge in [-0.05, 0) is 19.3 Å². The smallest absolute Gasteiger partial charge is 0.228 e. The Balaban J connectivity index is 2.77. The summed E-state index contributed by atoms with van der Waals surface area (Å²) in [5.74, 6) is 0.285. The summed E-state index contributed by atoms with van der Waals surface area (Å²) >= 11 is 0. The van der Waals surface area contributed by atoms with Gasteiger partial charge in [0.2, 0.25) is 5.91 Å². The summed E-state index contributed by atoms with van der Waals surface area (Å²) in [7, 11) is 0. The molecule has 1 atom stereocenters. The summed E-state index contributed by atoms with van der Waals surface area (Å²) in [6.07, 6.45) is 5.52. The molecule has 1 unspecified atom stereocenters. The van der Waals surface area contributed by atoms with E-state index in [9.17, 15) is 4.79 Å². The number of likely N-dealkylation sites (tertiary alicyclic amines) is 1. The van der Waals surface area contributed by atoms with Crippen LogP contribution in [0, 0.1) is 5.41 Å².